The van der Waals surface area contributed by atoms with Crippen LogP contribution in [-0.2, 0) is 10.0 Å². The number of fused-ring (bicyclic) bond motifs is 1. The molecule has 0 saturated heterocycles. The number of alkyl halides is 1. The number of para-hydroxylation sites is 1. The van der Waals surface area contributed by atoms with Gasteiger partial charge in [0.05, 0.1) is 5.69 Å². The maximum Gasteiger partial charge on any atom is 0.285 e. The van der Waals surface area contributed by atoms with Gasteiger partial charge in [0.2, 0.25) is 0 Å². The summed E-state index contributed by atoms with van der Waals surface area (Å²) in [7, 11) is -3.54. The van der Waals surface area contributed by atoms with E-state index in [1.165, 1.54) is 6.34 Å². The summed E-state index contributed by atoms with van der Waals surface area (Å²) in [6, 6.07) is 7.00. The first-order valence-electron chi connectivity index (χ1n) is 6.48. The van der Waals surface area contributed by atoms with E-state index >= 15 is 0 Å². The van der Waals surface area contributed by atoms with Crippen molar-refractivity contribution >= 4 is 38.0 Å². The molecule has 0 bridgehead atoms. The molecule has 0 saturated carbocycles. The van der Waals surface area contributed by atoms with Crippen LogP contribution in [-0.4, -0.2) is 26.6 Å². The fourth-order valence-corrected chi connectivity index (χ4v) is 4.32. The predicted molar refractivity (Wildman–Crippen MR) is 86.2 cm³/mol. The highest BCUT2D eigenvalue weighted by atomic mass is 79.9. The highest BCUT2D eigenvalue weighted by molar-refractivity contribution is 9.09. The molecular weight excluding hydrogens is 340 g/mol. The van der Waals surface area contributed by atoms with Crippen LogP contribution in [0.15, 0.2) is 33.6 Å². The van der Waals surface area contributed by atoms with Gasteiger partial charge < -0.3 is 4.90 Å². The molecule has 6 heteroatoms. The van der Waals surface area contributed by atoms with Crippen LogP contribution in [0.5, 0.6) is 0 Å². The van der Waals surface area contributed by atoms with Gasteiger partial charge in [0.1, 0.15) is 11.2 Å². The van der Waals surface area contributed by atoms with Gasteiger partial charge in [-0.2, -0.15) is 8.42 Å². The Morgan fingerprint density at radius 3 is 2.55 bits per heavy atom. The first-order valence-corrected chi connectivity index (χ1v) is 9.04. The van der Waals surface area contributed by atoms with Crippen molar-refractivity contribution in [3.05, 3.63) is 24.3 Å². The molecule has 1 aliphatic heterocycles. The van der Waals surface area contributed by atoms with Crippen LogP contribution in [0.1, 0.15) is 20.8 Å². The first kappa shape index (κ1) is 15.5. The first-order chi connectivity index (χ1) is 9.25. The Hall–Kier alpha value is -0.880. The highest BCUT2D eigenvalue weighted by Gasteiger charge is 2.30. The van der Waals surface area contributed by atoms with E-state index in [1.54, 1.807) is 12.1 Å². The number of anilines is 1. The van der Waals surface area contributed by atoms with Gasteiger partial charge >= 0.3 is 0 Å². The minimum Gasteiger partial charge on any atom is -0.330 e. The molecule has 20 heavy (non-hydrogen) atoms. The molecule has 0 aliphatic carbocycles. The van der Waals surface area contributed by atoms with Crippen molar-refractivity contribution in [3.8, 4) is 0 Å². The molecule has 1 unspecified atom stereocenters. The third-order valence-corrected chi connectivity index (χ3v) is 5.66. The second-order valence-corrected chi connectivity index (χ2v) is 8.28. The average Bonchev–Trinajstić information content (AvgIpc) is 2.37. The van der Waals surface area contributed by atoms with Crippen LogP contribution < -0.4 is 4.90 Å². The Labute approximate surface area is 129 Å². The summed E-state index contributed by atoms with van der Waals surface area (Å²) < 4.78 is 27.6. The van der Waals surface area contributed by atoms with Gasteiger partial charge in [-0.05, 0) is 23.5 Å². The summed E-state index contributed by atoms with van der Waals surface area (Å²) in [4.78, 5) is 2.21. The van der Waals surface area contributed by atoms with Crippen molar-refractivity contribution in [2.75, 3.05) is 16.8 Å². The topological polar surface area (TPSA) is 49.7 Å². The summed E-state index contributed by atoms with van der Waals surface area (Å²) in [6.45, 7) is 7.28. The maximum absolute atomic E-state index is 11.9. The Morgan fingerprint density at radius 2 is 1.95 bits per heavy atom. The standard InChI is InChI=1S/C14H19BrN2O2S/c1-14(2,3)11(8-15)9-17-10-16-20(18,19)13-7-5-4-6-12(13)17/h4-7,10-11H,8-9H2,1-3H3. The van der Waals surface area contributed by atoms with Crippen LogP contribution in [0.25, 0.3) is 0 Å². The van der Waals surface area contributed by atoms with E-state index in [4.69, 9.17) is 0 Å². The lowest BCUT2D eigenvalue weighted by molar-refractivity contribution is 0.276. The molecule has 4 nitrogen and oxygen atoms in total. The van der Waals surface area contributed by atoms with Gasteiger partial charge in [0.25, 0.3) is 10.0 Å². The van der Waals surface area contributed by atoms with Gasteiger partial charge in [-0.15, -0.1) is 4.40 Å². The van der Waals surface area contributed by atoms with E-state index in [2.05, 4.69) is 41.1 Å². The van der Waals surface area contributed by atoms with Gasteiger partial charge in [-0.3, -0.25) is 0 Å². The molecule has 0 fully saturated rings. The van der Waals surface area contributed by atoms with Gasteiger partial charge in [-0.25, -0.2) is 0 Å². The summed E-state index contributed by atoms with van der Waals surface area (Å²) >= 11 is 3.55. The number of sulfonamides is 1. The largest absolute Gasteiger partial charge is 0.330 e. The van der Waals surface area contributed by atoms with E-state index in [9.17, 15) is 8.42 Å². The lowest BCUT2D eigenvalue weighted by Crippen LogP contribution is -2.37. The van der Waals surface area contributed by atoms with Crippen molar-refractivity contribution in [3.63, 3.8) is 0 Å². The van der Waals surface area contributed by atoms with Crippen molar-refractivity contribution in [2.24, 2.45) is 15.7 Å². The lowest BCUT2D eigenvalue weighted by atomic mass is 9.82. The smallest absolute Gasteiger partial charge is 0.285 e. The molecule has 0 spiro atoms. The molecule has 2 rings (SSSR count). The van der Waals surface area contributed by atoms with Crippen molar-refractivity contribution < 1.29 is 8.42 Å². The number of hydrogen-bond acceptors (Lipinski definition) is 3. The zero-order valence-corrected chi connectivity index (χ0v) is 14.3. The van der Waals surface area contributed by atoms with E-state index in [1.807, 2.05) is 17.0 Å². The van der Waals surface area contributed by atoms with E-state index < -0.39 is 10.0 Å². The fourth-order valence-electron chi connectivity index (χ4n) is 2.09. The van der Waals surface area contributed by atoms with Gasteiger partial charge in [0, 0.05) is 11.9 Å². The summed E-state index contributed by atoms with van der Waals surface area (Å²) in [5.74, 6) is 0.378. The monoisotopic (exact) mass is 358 g/mol. The molecule has 0 N–H and O–H groups in total. The fraction of sp³-hybridized carbons (Fsp3) is 0.500. The Bertz CT molecular complexity index is 620. The van der Waals surface area contributed by atoms with Gasteiger partial charge in [0.15, 0.2) is 0 Å². The van der Waals surface area contributed by atoms with Crippen LogP contribution in [0.3, 0.4) is 0 Å². The van der Waals surface area contributed by atoms with Crippen molar-refractivity contribution in [1.82, 2.24) is 0 Å². The van der Waals surface area contributed by atoms with Crippen LogP contribution in [0.2, 0.25) is 0 Å². The molecule has 1 aromatic rings. The minimum atomic E-state index is -3.54. The predicted octanol–water partition coefficient (Wildman–Crippen LogP) is 3.28. The second-order valence-electron chi connectivity index (χ2n) is 6.03. The number of nitrogens with zero attached hydrogens (tertiary/aromatic N) is 2. The molecule has 0 aromatic heterocycles. The Balaban J connectivity index is 2.36. The summed E-state index contributed by atoms with van der Waals surface area (Å²) in [6.07, 6.45) is 1.43. The Kier molecular flexibility index (Phi) is 4.25. The van der Waals surface area contributed by atoms with E-state index in [0.29, 0.717) is 11.6 Å². The van der Waals surface area contributed by atoms with Crippen molar-refractivity contribution in [2.45, 2.75) is 25.7 Å². The van der Waals surface area contributed by atoms with Crippen LogP contribution >= 0.6 is 15.9 Å². The number of hydrogen-bond donors (Lipinski definition) is 0. The molecule has 1 atom stereocenters. The second kappa shape index (κ2) is 5.48. The van der Waals surface area contributed by atoms with Gasteiger partial charge in [-0.1, -0.05) is 48.8 Å². The number of benzene rings is 1. The summed E-state index contributed by atoms with van der Waals surface area (Å²) in [5.41, 5.74) is 0.834. The summed E-state index contributed by atoms with van der Waals surface area (Å²) in [5, 5.41) is 0.857. The molecule has 1 aromatic carbocycles. The maximum atomic E-state index is 11.9. The molecule has 110 valence electrons. The van der Waals surface area contributed by atoms with Crippen LogP contribution in [0.4, 0.5) is 5.69 Å². The van der Waals surface area contributed by atoms with E-state index in [0.717, 1.165) is 11.9 Å². The third kappa shape index (κ3) is 3.06. The number of rotatable bonds is 3. The average molecular weight is 359 g/mol. The molecule has 1 heterocycles. The Morgan fingerprint density at radius 1 is 1.30 bits per heavy atom. The highest BCUT2D eigenvalue weighted by Crippen LogP contribution is 2.33. The van der Waals surface area contributed by atoms with E-state index in [-0.39, 0.29) is 10.3 Å². The molecule has 1 aliphatic rings. The third-order valence-electron chi connectivity index (χ3n) is 3.61. The zero-order valence-electron chi connectivity index (χ0n) is 11.9. The number of halogens is 1. The van der Waals surface area contributed by atoms with Crippen molar-refractivity contribution in [1.29, 1.82) is 0 Å². The van der Waals surface area contributed by atoms with Crippen LogP contribution in [0, 0.1) is 11.3 Å². The minimum absolute atomic E-state index is 0.128. The lowest BCUT2D eigenvalue weighted by Gasteiger charge is -2.35. The molecular formula is C14H19BrN2O2S. The SMILES string of the molecule is CC(C)(C)C(CBr)CN1C=NS(=O)(=O)c2ccccc21. The molecule has 0 radical (unpaired) electrons. The zero-order chi connectivity index (χ0) is 15.0. The normalized spacial score (nSPS) is 18.7. The molecule has 0 amide bonds. The quantitative estimate of drug-likeness (QED) is 0.779.